The quantitative estimate of drug-likeness (QED) is 0.772. The number of hydrogen-bond donors (Lipinski definition) is 0. The Labute approximate surface area is 155 Å². The van der Waals surface area contributed by atoms with Gasteiger partial charge in [0.15, 0.2) is 0 Å². The van der Waals surface area contributed by atoms with Crippen LogP contribution in [0.5, 0.6) is 0 Å². The van der Waals surface area contributed by atoms with Crippen LogP contribution < -0.4 is 0 Å². The molecule has 0 aromatic heterocycles. The molecule has 0 bridgehead atoms. The number of piperazine rings is 1. The van der Waals surface area contributed by atoms with Crippen LogP contribution in [0.2, 0.25) is 0 Å². The molecule has 0 radical (unpaired) electrons. The van der Waals surface area contributed by atoms with Crippen molar-refractivity contribution in [3.8, 4) is 0 Å². The lowest BCUT2D eigenvalue weighted by Crippen LogP contribution is -2.50. The lowest BCUT2D eigenvalue weighted by atomic mass is 9.93. The largest absolute Gasteiger partial charge is 0.469 e. The van der Waals surface area contributed by atoms with E-state index in [-0.39, 0.29) is 30.6 Å². The molecule has 2 rings (SSSR count). The molecule has 1 aliphatic heterocycles. The molecule has 0 spiro atoms. The van der Waals surface area contributed by atoms with Crippen LogP contribution in [0.25, 0.3) is 0 Å². The Morgan fingerprint density at radius 1 is 0.885 bits per heavy atom. The van der Waals surface area contributed by atoms with Crippen molar-refractivity contribution in [1.82, 2.24) is 9.80 Å². The first-order valence-electron chi connectivity index (χ1n) is 8.97. The summed E-state index contributed by atoms with van der Waals surface area (Å²) in [5.74, 6) is -0.414. The summed E-state index contributed by atoms with van der Waals surface area (Å²) in [5.41, 5.74) is 5.07. The molecule has 0 aliphatic carbocycles. The highest BCUT2D eigenvalue weighted by molar-refractivity contribution is 5.98. The maximum Gasteiger partial charge on any atom is 0.306 e. The molecule has 26 heavy (non-hydrogen) atoms. The second kappa shape index (κ2) is 8.34. The van der Waals surface area contributed by atoms with Crippen molar-refractivity contribution in [3.63, 3.8) is 0 Å². The molecule has 1 aromatic rings. The van der Waals surface area contributed by atoms with Crippen LogP contribution in [0.4, 0.5) is 0 Å². The van der Waals surface area contributed by atoms with Gasteiger partial charge in [0, 0.05) is 38.2 Å². The number of nitrogens with zero attached hydrogens (tertiary/aromatic N) is 2. The van der Waals surface area contributed by atoms with Gasteiger partial charge in [-0.2, -0.15) is 0 Å². The second-order valence-corrected chi connectivity index (χ2v) is 6.88. The van der Waals surface area contributed by atoms with Crippen molar-refractivity contribution in [2.24, 2.45) is 0 Å². The number of rotatable bonds is 4. The summed E-state index contributed by atoms with van der Waals surface area (Å²) in [5, 5.41) is 0. The highest BCUT2D eigenvalue weighted by atomic mass is 16.5. The van der Waals surface area contributed by atoms with Crippen LogP contribution in [0, 0.1) is 27.7 Å². The minimum absolute atomic E-state index is 0.0356. The third kappa shape index (κ3) is 4.23. The van der Waals surface area contributed by atoms with Crippen molar-refractivity contribution < 1.29 is 19.1 Å². The Balaban J connectivity index is 2.01. The van der Waals surface area contributed by atoms with Gasteiger partial charge in [0.25, 0.3) is 5.91 Å². The lowest BCUT2D eigenvalue weighted by Gasteiger charge is -2.35. The molecular formula is C20H28N2O4. The lowest BCUT2D eigenvalue weighted by molar-refractivity contribution is -0.143. The van der Waals surface area contributed by atoms with E-state index in [0.29, 0.717) is 26.2 Å². The van der Waals surface area contributed by atoms with Crippen LogP contribution in [0.15, 0.2) is 6.07 Å². The molecule has 6 nitrogen and oxygen atoms in total. The Kier molecular flexibility index (Phi) is 6.40. The Hall–Kier alpha value is -2.37. The molecule has 1 fully saturated rings. The maximum absolute atomic E-state index is 13.0. The molecule has 1 aliphatic rings. The average molecular weight is 360 g/mol. The smallest absolute Gasteiger partial charge is 0.306 e. The number of hydrogen-bond acceptors (Lipinski definition) is 4. The SMILES string of the molecule is COC(=O)CCC(=O)N1CCN(C(=O)c2c(C)c(C)cc(C)c2C)CC1. The van der Waals surface area contributed by atoms with Gasteiger partial charge < -0.3 is 14.5 Å². The van der Waals surface area contributed by atoms with Crippen molar-refractivity contribution in [1.29, 1.82) is 0 Å². The zero-order valence-electron chi connectivity index (χ0n) is 16.3. The Morgan fingerprint density at radius 3 is 1.88 bits per heavy atom. The average Bonchev–Trinajstić information content (AvgIpc) is 2.64. The summed E-state index contributed by atoms with van der Waals surface area (Å²) in [6.07, 6.45) is 0.241. The molecule has 1 saturated heterocycles. The van der Waals surface area contributed by atoms with E-state index in [1.807, 2.05) is 32.6 Å². The van der Waals surface area contributed by atoms with Gasteiger partial charge in [0.05, 0.1) is 13.5 Å². The van der Waals surface area contributed by atoms with Crippen LogP contribution in [0.1, 0.15) is 45.5 Å². The highest BCUT2D eigenvalue weighted by Crippen LogP contribution is 2.23. The van der Waals surface area contributed by atoms with Crippen LogP contribution in [-0.2, 0) is 14.3 Å². The number of esters is 1. The molecule has 1 heterocycles. The number of methoxy groups -OCH3 is 1. The third-order valence-corrected chi connectivity index (χ3v) is 5.27. The van der Waals surface area contributed by atoms with E-state index in [1.165, 1.54) is 7.11 Å². The van der Waals surface area contributed by atoms with Crippen LogP contribution >= 0.6 is 0 Å². The van der Waals surface area contributed by atoms with E-state index < -0.39 is 0 Å². The van der Waals surface area contributed by atoms with Crippen molar-refractivity contribution >= 4 is 17.8 Å². The zero-order valence-corrected chi connectivity index (χ0v) is 16.3. The number of benzene rings is 1. The van der Waals surface area contributed by atoms with Gasteiger partial charge in [-0.1, -0.05) is 6.07 Å². The summed E-state index contributed by atoms with van der Waals surface area (Å²) in [4.78, 5) is 39.9. The fraction of sp³-hybridized carbons (Fsp3) is 0.550. The Bertz CT molecular complexity index is 693. The standard InChI is InChI=1S/C20H28N2O4/c1-13-12-14(2)16(4)19(15(13)3)20(25)22-10-8-21(9-11-22)17(23)6-7-18(24)26-5/h12H,6-11H2,1-5H3. The topological polar surface area (TPSA) is 66.9 Å². The monoisotopic (exact) mass is 360 g/mol. The predicted octanol–water partition coefficient (Wildman–Crippen LogP) is 2.16. The summed E-state index contributed by atoms with van der Waals surface area (Å²) in [6.45, 7) is 10.0. The van der Waals surface area contributed by atoms with E-state index in [2.05, 4.69) is 10.8 Å². The molecule has 142 valence electrons. The maximum atomic E-state index is 13.0. The third-order valence-electron chi connectivity index (χ3n) is 5.27. The van der Waals surface area contributed by atoms with Crippen LogP contribution in [-0.4, -0.2) is 60.9 Å². The van der Waals surface area contributed by atoms with E-state index in [1.54, 1.807) is 4.90 Å². The van der Waals surface area contributed by atoms with Crippen molar-refractivity contribution in [2.75, 3.05) is 33.3 Å². The minimum Gasteiger partial charge on any atom is -0.469 e. The van der Waals surface area contributed by atoms with Crippen molar-refractivity contribution in [2.45, 2.75) is 40.5 Å². The van der Waals surface area contributed by atoms with E-state index in [9.17, 15) is 14.4 Å². The van der Waals surface area contributed by atoms with Crippen LogP contribution in [0.3, 0.4) is 0 Å². The minimum atomic E-state index is -0.382. The zero-order chi connectivity index (χ0) is 19.4. The first-order valence-corrected chi connectivity index (χ1v) is 8.97. The fourth-order valence-electron chi connectivity index (χ4n) is 3.32. The molecule has 1 aromatic carbocycles. The Morgan fingerprint density at radius 2 is 1.38 bits per heavy atom. The second-order valence-electron chi connectivity index (χ2n) is 6.88. The van der Waals surface area contributed by atoms with Crippen molar-refractivity contribution in [3.05, 3.63) is 33.9 Å². The van der Waals surface area contributed by atoms with Gasteiger partial charge in [-0.05, 0) is 49.9 Å². The van der Waals surface area contributed by atoms with Gasteiger partial charge in [-0.3, -0.25) is 14.4 Å². The molecule has 6 heteroatoms. The van der Waals surface area contributed by atoms with Gasteiger partial charge in [-0.25, -0.2) is 0 Å². The molecule has 2 amide bonds. The summed E-state index contributed by atoms with van der Waals surface area (Å²) in [6, 6.07) is 2.11. The number of carbonyl (C=O) groups excluding carboxylic acids is 3. The normalized spacial score (nSPS) is 14.3. The van der Waals surface area contributed by atoms with Gasteiger partial charge >= 0.3 is 5.97 Å². The number of ether oxygens (including phenoxy) is 1. The number of amides is 2. The first kappa shape index (κ1) is 19.9. The summed E-state index contributed by atoms with van der Waals surface area (Å²) >= 11 is 0. The fourth-order valence-corrected chi connectivity index (χ4v) is 3.32. The van der Waals surface area contributed by atoms with Gasteiger partial charge in [-0.15, -0.1) is 0 Å². The van der Waals surface area contributed by atoms with E-state index >= 15 is 0 Å². The summed E-state index contributed by atoms with van der Waals surface area (Å²) in [7, 11) is 1.31. The highest BCUT2D eigenvalue weighted by Gasteiger charge is 2.27. The first-order chi connectivity index (χ1) is 12.3. The number of carbonyl (C=O) groups is 3. The van der Waals surface area contributed by atoms with Gasteiger partial charge in [0.1, 0.15) is 0 Å². The molecule has 0 atom stereocenters. The van der Waals surface area contributed by atoms with E-state index in [0.717, 1.165) is 27.8 Å². The number of aryl methyl sites for hydroxylation is 2. The predicted molar refractivity (Wildman–Crippen MR) is 99.1 cm³/mol. The van der Waals surface area contributed by atoms with E-state index in [4.69, 9.17) is 0 Å². The molecule has 0 saturated carbocycles. The molecule has 0 N–H and O–H groups in total. The molecule has 0 unspecified atom stereocenters. The molecular weight excluding hydrogens is 332 g/mol. The van der Waals surface area contributed by atoms with Gasteiger partial charge in [0.2, 0.25) is 5.91 Å². The summed E-state index contributed by atoms with van der Waals surface area (Å²) < 4.78 is 4.56.